The first-order valence-electron chi connectivity index (χ1n) is 19.7. The highest BCUT2D eigenvalue weighted by atomic mass is 16.3. The van der Waals surface area contributed by atoms with E-state index in [9.17, 15) is 0 Å². The number of rotatable bonds is 6. The van der Waals surface area contributed by atoms with Gasteiger partial charge in [0.15, 0.2) is 0 Å². The second-order valence-electron chi connectivity index (χ2n) is 14.9. The van der Waals surface area contributed by atoms with Crippen LogP contribution in [0.1, 0.15) is 0 Å². The number of hydrogen-bond acceptors (Lipinski definition) is 3. The van der Waals surface area contributed by atoms with Gasteiger partial charge in [-0.15, -0.1) is 0 Å². The molecule has 4 heteroatoms. The van der Waals surface area contributed by atoms with Crippen LogP contribution in [-0.2, 0) is 0 Å². The molecule has 0 saturated heterocycles. The molecule has 58 heavy (non-hydrogen) atoms. The van der Waals surface area contributed by atoms with Gasteiger partial charge in [-0.1, -0.05) is 140 Å². The third-order valence-corrected chi connectivity index (χ3v) is 11.6. The minimum atomic E-state index is 0.853. The Hall–Kier alpha value is -7.82. The van der Waals surface area contributed by atoms with Crippen molar-refractivity contribution in [2.45, 2.75) is 0 Å². The molecule has 0 spiro atoms. The zero-order valence-electron chi connectivity index (χ0n) is 31.3. The molecule has 272 valence electrons. The van der Waals surface area contributed by atoms with E-state index in [2.05, 4.69) is 198 Å². The predicted molar refractivity (Wildman–Crippen MR) is 241 cm³/mol. The number of para-hydroxylation sites is 4. The molecule has 0 aliphatic rings. The van der Waals surface area contributed by atoms with Crippen LogP contribution in [0.2, 0.25) is 0 Å². The van der Waals surface area contributed by atoms with E-state index in [-0.39, 0.29) is 0 Å². The number of furan rings is 2. The molecule has 0 unspecified atom stereocenters. The molecule has 0 bridgehead atoms. The van der Waals surface area contributed by atoms with Gasteiger partial charge in [-0.3, -0.25) is 4.57 Å². The number of anilines is 3. The molecule has 0 N–H and O–H groups in total. The van der Waals surface area contributed by atoms with E-state index < -0.39 is 0 Å². The second kappa shape index (κ2) is 12.9. The van der Waals surface area contributed by atoms with Gasteiger partial charge >= 0.3 is 0 Å². The van der Waals surface area contributed by atoms with Crippen molar-refractivity contribution in [1.29, 1.82) is 0 Å². The van der Waals surface area contributed by atoms with Crippen LogP contribution in [-0.4, -0.2) is 4.57 Å². The highest BCUT2D eigenvalue weighted by Crippen LogP contribution is 2.44. The van der Waals surface area contributed by atoms with E-state index in [0.717, 1.165) is 83.4 Å². The Balaban J connectivity index is 0.992. The van der Waals surface area contributed by atoms with Gasteiger partial charge in [-0.05, 0) is 94.2 Å². The lowest BCUT2D eigenvalue weighted by Crippen LogP contribution is -2.09. The first-order chi connectivity index (χ1) is 28.8. The molecule has 12 rings (SSSR count). The molecule has 0 atom stereocenters. The zero-order chi connectivity index (χ0) is 38.2. The van der Waals surface area contributed by atoms with Crippen molar-refractivity contribution >= 4 is 82.7 Å². The molecule has 0 aliphatic heterocycles. The largest absolute Gasteiger partial charge is 0.456 e. The fourth-order valence-electron chi connectivity index (χ4n) is 8.93. The van der Waals surface area contributed by atoms with Crippen molar-refractivity contribution in [3.63, 3.8) is 0 Å². The highest BCUT2D eigenvalue weighted by molar-refractivity contribution is 6.21. The summed E-state index contributed by atoms with van der Waals surface area (Å²) in [6.07, 6.45) is 0. The van der Waals surface area contributed by atoms with Gasteiger partial charge in [0.1, 0.15) is 16.7 Å². The molecule has 3 heterocycles. The fraction of sp³-hybridized carbons (Fsp3) is 0. The van der Waals surface area contributed by atoms with Crippen LogP contribution in [0.15, 0.2) is 215 Å². The number of hydrogen-bond donors (Lipinski definition) is 0. The molecule has 0 saturated carbocycles. The van der Waals surface area contributed by atoms with Crippen molar-refractivity contribution in [1.82, 2.24) is 4.57 Å². The molecule has 3 aromatic heterocycles. The summed E-state index contributed by atoms with van der Waals surface area (Å²) in [6.45, 7) is 0. The summed E-state index contributed by atoms with van der Waals surface area (Å²) in [6, 6.07) is 73.1. The van der Waals surface area contributed by atoms with Crippen molar-refractivity contribution in [3.8, 4) is 27.9 Å². The van der Waals surface area contributed by atoms with Crippen LogP contribution in [0, 0.1) is 0 Å². The van der Waals surface area contributed by atoms with E-state index in [1.807, 2.05) is 18.2 Å². The van der Waals surface area contributed by atoms with E-state index >= 15 is 0 Å². The van der Waals surface area contributed by atoms with Gasteiger partial charge < -0.3 is 13.7 Å². The summed E-state index contributed by atoms with van der Waals surface area (Å²) in [5.41, 5.74) is 13.4. The van der Waals surface area contributed by atoms with Crippen LogP contribution < -0.4 is 4.90 Å². The third kappa shape index (κ3) is 5.02. The van der Waals surface area contributed by atoms with E-state index in [1.165, 1.54) is 27.3 Å². The first-order valence-corrected chi connectivity index (χ1v) is 19.7. The van der Waals surface area contributed by atoms with Crippen LogP contribution in [0.25, 0.3) is 93.6 Å². The smallest absolute Gasteiger partial charge is 0.213 e. The average molecular weight is 743 g/mol. The first kappa shape index (κ1) is 32.4. The van der Waals surface area contributed by atoms with E-state index in [4.69, 9.17) is 8.83 Å². The number of fused-ring (bicyclic) bond motifs is 9. The summed E-state index contributed by atoms with van der Waals surface area (Å²) in [4.78, 5) is 2.33. The predicted octanol–water partition coefficient (Wildman–Crippen LogP) is 15.4. The summed E-state index contributed by atoms with van der Waals surface area (Å²) >= 11 is 0. The molecule has 4 nitrogen and oxygen atoms in total. The van der Waals surface area contributed by atoms with Crippen molar-refractivity contribution < 1.29 is 8.83 Å². The van der Waals surface area contributed by atoms with Gasteiger partial charge in [-0.25, -0.2) is 0 Å². The third-order valence-electron chi connectivity index (χ3n) is 11.6. The number of benzene rings is 9. The standard InChI is InChI=1S/C54H34N2O2/c1-2-14-38(15-3-1)56-49-22-8-6-18-46(49)52-47-21-11-20-44(53(47)58-54(52)56)37-26-30-40(31-27-37)55(41-32-33-51-48(34-41)45-17-7-9-23-50(45)57-51)39-28-24-36(25-29-39)43-19-10-13-35-12-4-5-16-42(35)43/h1-34H. The Morgan fingerprint density at radius 2 is 0.966 bits per heavy atom. The Morgan fingerprint density at radius 3 is 1.78 bits per heavy atom. The maximum absolute atomic E-state index is 6.91. The molecular weight excluding hydrogens is 709 g/mol. The maximum atomic E-state index is 6.91. The normalized spacial score (nSPS) is 11.8. The maximum Gasteiger partial charge on any atom is 0.213 e. The van der Waals surface area contributed by atoms with Gasteiger partial charge in [0.2, 0.25) is 5.71 Å². The summed E-state index contributed by atoms with van der Waals surface area (Å²) in [7, 11) is 0. The summed E-state index contributed by atoms with van der Waals surface area (Å²) in [5, 5.41) is 8.09. The fourth-order valence-corrected chi connectivity index (χ4v) is 8.93. The second-order valence-corrected chi connectivity index (χ2v) is 14.9. The minimum absolute atomic E-state index is 0.853. The Kier molecular flexibility index (Phi) is 7.20. The quantitative estimate of drug-likeness (QED) is 0.170. The van der Waals surface area contributed by atoms with Crippen molar-refractivity contribution in [2.24, 2.45) is 0 Å². The molecule has 9 aromatic carbocycles. The number of nitrogens with zero attached hydrogens (tertiary/aromatic N) is 2. The molecule has 12 aromatic rings. The van der Waals surface area contributed by atoms with Crippen LogP contribution in [0.4, 0.5) is 17.1 Å². The lowest BCUT2D eigenvalue weighted by atomic mass is 9.98. The van der Waals surface area contributed by atoms with Gasteiger partial charge in [0.25, 0.3) is 0 Å². The molecular formula is C54H34N2O2. The highest BCUT2D eigenvalue weighted by Gasteiger charge is 2.22. The Labute approximate surface area is 334 Å². The summed E-state index contributed by atoms with van der Waals surface area (Å²) in [5.74, 6) is 0. The molecule has 0 amide bonds. The van der Waals surface area contributed by atoms with Crippen LogP contribution in [0.5, 0.6) is 0 Å². The Bertz CT molecular complexity index is 3490. The van der Waals surface area contributed by atoms with Gasteiger partial charge in [-0.2, -0.15) is 0 Å². The minimum Gasteiger partial charge on any atom is -0.456 e. The SMILES string of the molecule is c1ccc(-n2c3ccccc3c3c4cccc(-c5ccc(N(c6ccc(-c7cccc8ccccc78)cc6)c6ccc7oc8ccccc8c7c6)cc5)c4oc32)cc1. The summed E-state index contributed by atoms with van der Waals surface area (Å²) < 4.78 is 15.4. The van der Waals surface area contributed by atoms with Gasteiger partial charge in [0, 0.05) is 49.9 Å². The van der Waals surface area contributed by atoms with E-state index in [1.54, 1.807) is 0 Å². The van der Waals surface area contributed by atoms with Crippen molar-refractivity contribution in [2.75, 3.05) is 4.90 Å². The molecule has 0 fully saturated rings. The molecule has 0 aliphatic carbocycles. The van der Waals surface area contributed by atoms with Crippen LogP contribution >= 0.6 is 0 Å². The topological polar surface area (TPSA) is 34.5 Å². The number of aromatic nitrogens is 1. The monoisotopic (exact) mass is 742 g/mol. The van der Waals surface area contributed by atoms with Crippen LogP contribution in [0.3, 0.4) is 0 Å². The van der Waals surface area contributed by atoms with Crippen molar-refractivity contribution in [3.05, 3.63) is 206 Å². The van der Waals surface area contributed by atoms with Gasteiger partial charge in [0.05, 0.1) is 10.9 Å². The Morgan fingerprint density at radius 1 is 0.379 bits per heavy atom. The average Bonchev–Trinajstić information content (AvgIpc) is 3.96. The molecule has 0 radical (unpaired) electrons. The lowest BCUT2D eigenvalue weighted by Gasteiger charge is -2.26. The lowest BCUT2D eigenvalue weighted by molar-refractivity contribution is 0.646. The van der Waals surface area contributed by atoms with E-state index in [0.29, 0.717) is 0 Å². The zero-order valence-corrected chi connectivity index (χ0v) is 31.3.